The fourth-order valence-corrected chi connectivity index (χ4v) is 4.38. The number of hydrogen-bond donors (Lipinski definition) is 3. The number of hydrogen-bond acceptors (Lipinski definition) is 8. The third-order valence-corrected chi connectivity index (χ3v) is 6.25. The van der Waals surface area contributed by atoms with Crippen molar-refractivity contribution in [3.8, 4) is 23.3 Å². The highest BCUT2D eigenvalue weighted by Crippen LogP contribution is 2.38. The number of piperidine rings is 1. The molecule has 1 saturated heterocycles. The molecule has 0 amide bonds. The Bertz CT molecular complexity index is 1330. The topological polar surface area (TPSA) is 101 Å². The number of benzene rings is 2. The van der Waals surface area contributed by atoms with Gasteiger partial charge in [-0.3, -0.25) is 0 Å². The van der Waals surface area contributed by atoms with Gasteiger partial charge in [0.05, 0.1) is 29.4 Å². The van der Waals surface area contributed by atoms with E-state index in [1.165, 1.54) is 5.56 Å². The Hall–Kier alpha value is -3.62. The summed E-state index contributed by atoms with van der Waals surface area (Å²) in [5.41, 5.74) is 1.95. The summed E-state index contributed by atoms with van der Waals surface area (Å²) in [5.74, 6) is 2.07. The van der Waals surface area contributed by atoms with E-state index in [2.05, 4.69) is 37.9 Å². The van der Waals surface area contributed by atoms with Crippen molar-refractivity contribution in [3.05, 3.63) is 65.3 Å². The molecule has 2 aromatic carbocycles. The third-order valence-electron chi connectivity index (χ3n) is 5.94. The Balaban J connectivity index is 1.53. The highest BCUT2D eigenvalue weighted by Gasteiger charge is 2.19. The van der Waals surface area contributed by atoms with Crippen LogP contribution < -0.4 is 20.1 Å². The lowest BCUT2D eigenvalue weighted by Gasteiger charge is -2.24. The van der Waals surface area contributed by atoms with Crippen LogP contribution in [0, 0.1) is 0 Å². The smallest absolute Gasteiger partial charge is 0.242 e. The number of para-hydroxylation sites is 1. The molecule has 8 nitrogen and oxygen atoms in total. The van der Waals surface area contributed by atoms with E-state index in [1.54, 1.807) is 31.5 Å². The molecule has 3 heterocycles. The van der Waals surface area contributed by atoms with Crippen LogP contribution in [-0.4, -0.2) is 40.5 Å². The predicted molar refractivity (Wildman–Crippen MR) is 132 cm³/mol. The van der Waals surface area contributed by atoms with Crippen molar-refractivity contribution in [2.24, 2.45) is 0 Å². The van der Waals surface area contributed by atoms with Gasteiger partial charge in [0.15, 0.2) is 0 Å². The number of nitrogens with zero attached hydrogens (tertiary/aromatic N) is 3. The van der Waals surface area contributed by atoms with Crippen molar-refractivity contribution < 1.29 is 14.6 Å². The van der Waals surface area contributed by atoms with E-state index in [1.807, 2.05) is 18.2 Å². The molecule has 0 radical (unpaired) electrons. The lowest BCUT2D eigenvalue weighted by Crippen LogP contribution is -2.26. The minimum absolute atomic E-state index is 0.234. The molecule has 0 bridgehead atoms. The molecule has 0 saturated carbocycles. The van der Waals surface area contributed by atoms with Gasteiger partial charge in [-0.15, -0.1) is 5.10 Å². The first-order valence-corrected chi connectivity index (χ1v) is 11.4. The Kier molecular flexibility index (Phi) is 6.33. The molecule has 34 heavy (non-hydrogen) atoms. The maximum Gasteiger partial charge on any atom is 0.242 e. The van der Waals surface area contributed by atoms with Crippen molar-refractivity contribution in [2.75, 3.05) is 25.5 Å². The van der Waals surface area contributed by atoms with E-state index in [9.17, 15) is 5.11 Å². The van der Waals surface area contributed by atoms with Crippen LogP contribution in [0.5, 0.6) is 23.3 Å². The van der Waals surface area contributed by atoms with Crippen LogP contribution in [0.25, 0.3) is 10.8 Å². The summed E-state index contributed by atoms with van der Waals surface area (Å²) in [6.45, 7) is 2.03. The summed E-state index contributed by atoms with van der Waals surface area (Å²) in [4.78, 5) is 4.60. The van der Waals surface area contributed by atoms with Gasteiger partial charge in [-0.1, -0.05) is 29.8 Å². The summed E-state index contributed by atoms with van der Waals surface area (Å²) in [6, 6.07) is 15.0. The van der Waals surface area contributed by atoms with Crippen molar-refractivity contribution >= 4 is 33.9 Å². The number of aromatic hydroxyl groups is 1. The molecule has 1 aliphatic heterocycles. The predicted octanol–water partition coefficient (Wildman–Crippen LogP) is 5.40. The van der Waals surface area contributed by atoms with Gasteiger partial charge < -0.3 is 25.2 Å². The molecular formula is C25H24ClN5O3. The number of fused-ring (bicyclic) bond motifs is 1. The van der Waals surface area contributed by atoms with Crippen molar-refractivity contribution in [1.29, 1.82) is 0 Å². The average molecular weight is 478 g/mol. The zero-order chi connectivity index (χ0) is 23.5. The monoisotopic (exact) mass is 477 g/mol. The Labute approximate surface area is 201 Å². The van der Waals surface area contributed by atoms with Crippen LogP contribution in [0.1, 0.15) is 24.3 Å². The molecule has 2 aromatic heterocycles. The summed E-state index contributed by atoms with van der Waals surface area (Å²) < 4.78 is 11.6. The normalized spacial score (nSPS) is 14.2. The SMILES string of the molecule is COc1cc(C2CCNCC2)ccc1Nc1nc(Oc2ccccc2Cl)cc2cnnc(O)c12. The van der Waals surface area contributed by atoms with E-state index in [4.69, 9.17) is 21.1 Å². The number of methoxy groups -OCH3 is 1. The van der Waals surface area contributed by atoms with Gasteiger partial charge in [-0.05, 0) is 61.7 Å². The molecular weight excluding hydrogens is 454 g/mol. The van der Waals surface area contributed by atoms with E-state index in [-0.39, 0.29) is 5.88 Å². The fraction of sp³-hybridized carbons (Fsp3) is 0.240. The Morgan fingerprint density at radius 2 is 1.91 bits per heavy atom. The molecule has 0 atom stereocenters. The van der Waals surface area contributed by atoms with E-state index < -0.39 is 0 Å². The minimum atomic E-state index is -0.234. The van der Waals surface area contributed by atoms with Crippen molar-refractivity contribution in [2.45, 2.75) is 18.8 Å². The molecule has 0 aliphatic carbocycles. The van der Waals surface area contributed by atoms with E-state index >= 15 is 0 Å². The van der Waals surface area contributed by atoms with Crippen LogP contribution in [-0.2, 0) is 0 Å². The van der Waals surface area contributed by atoms with Gasteiger partial charge in [0, 0.05) is 11.5 Å². The van der Waals surface area contributed by atoms with Gasteiger partial charge in [-0.25, -0.2) is 0 Å². The second kappa shape index (κ2) is 9.70. The number of pyridine rings is 1. The summed E-state index contributed by atoms with van der Waals surface area (Å²) >= 11 is 6.25. The average Bonchev–Trinajstić information content (AvgIpc) is 2.86. The number of rotatable bonds is 6. The van der Waals surface area contributed by atoms with Gasteiger partial charge in [0.25, 0.3) is 0 Å². The Morgan fingerprint density at radius 1 is 1.09 bits per heavy atom. The van der Waals surface area contributed by atoms with Crippen LogP contribution in [0.15, 0.2) is 54.7 Å². The maximum absolute atomic E-state index is 10.4. The maximum atomic E-state index is 10.4. The van der Waals surface area contributed by atoms with Crippen LogP contribution in [0.4, 0.5) is 11.5 Å². The third kappa shape index (κ3) is 4.55. The molecule has 3 N–H and O–H groups in total. The number of aromatic nitrogens is 3. The first-order chi connectivity index (χ1) is 16.6. The van der Waals surface area contributed by atoms with Gasteiger partial charge in [0.2, 0.25) is 11.8 Å². The van der Waals surface area contributed by atoms with Gasteiger partial charge >= 0.3 is 0 Å². The zero-order valence-corrected chi connectivity index (χ0v) is 19.3. The van der Waals surface area contributed by atoms with Crippen molar-refractivity contribution in [1.82, 2.24) is 20.5 Å². The second-order valence-electron chi connectivity index (χ2n) is 8.08. The highest BCUT2D eigenvalue weighted by molar-refractivity contribution is 6.32. The van der Waals surface area contributed by atoms with Crippen LogP contribution in [0.2, 0.25) is 5.02 Å². The molecule has 0 spiro atoms. The molecule has 1 fully saturated rings. The standard InChI is InChI=1S/C25H24ClN5O3/c1-33-21-12-16(15-8-10-27-11-9-15)6-7-19(21)29-24-23-17(14-28-31-25(23)32)13-22(30-24)34-20-5-3-2-4-18(20)26/h2-7,12-15,27H,8-11H2,1H3,(H,29,30)(H,31,32). The quantitative estimate of drug-likeness (QED) is 0.339. The lowest BCUT2D eigenvalue weighted by atomic mass is 9.90. The zero-order valence-electron chi connectivity index (χ0n) is 18.6. The van der Waals surface area contributed by atoms with E-state index in [0.717, 1.165) is 25.9 Å². The van der Waals surface area contributed by atoms with Crippen molar-refractivity contribution in [3.63, 3.8) is 0 Å². The van der Waals surface area contributed by atoms with Gasteiger partial charge in [0.1, 0.15) is 17.3 Å². The summed E-state index contributed by atoms with van der Waals surface area (Å²) in [6.07, 6.45) is 3.73. The molecule has 4 aromatic rings. The molecule has 0 unspecified atom stereocenters. The first-order valence-electron chi connectivity index (χ1n) is 11.1. The number of nitrogens with one attached hydrogen (secondary N) is 2. The summed E-state index contributed by atoms with van der Waals surface area (Å²) in [7, 11) is 1.64. The lowest BCUT2D eigenvalue weighted by molar-refractivity contribution is 0.413. The molecule has 1 aliphatic rings. The number of ether oxygens (including phenoxy) is 2. The number of halogens is 1. The fourth-order valence-electron chi connectivity index (χ4n) is 4.20. The molecule has 9 heteroatoms. The molecule has 174 valence electrons. The Morgan fingerprint density at radius 3 is 2.71 bits per heavy atom. The van der Waals surface area contributed by atoms with Crippen LogP contribution in [0.3, 0.4) is 0 Å². The molecule has 5 rings (SSSR count). The van der Waals surface area contributed by atoms with Crippen LogP contribution >= 0.6 is 11.6 Å². The second-order valence-corrected chi connectivity index (χ2v) is 8.49. The highest BCUT2D eigenvalue weighted by atomic mass is 35.5. The van der Waals surface area contributed by atoms with E-state index in [0.29, 0.717) is 50.6 Å². The first kappa shape index (κ1) is 22.2. The largest absolute Gasteiger partial charge is 0.495 e. The van der Waals surface area contributed by atoms with Gasteiger partial charge in [-0.2, -0.15) is 10.1 Å². The minimum Gasteiger partial charge on any atom is -0.495 e. The summed E-state index contributed by atoms with van der Waals surface area (Å²) in [5, 5.41) is 26.3. The number of anilines is 2.